The van der Waals surface area contributed by atoms with Crippen molar-refractivity contribution in [2.45, 2.75) is 33.8 Å². The van der Waals surface area contributed by atoms with Crippen molar-refractivity contribution in [2.24, 2.45) is 0 Å². The van der Waals surface area contributed by atoms with Crippen molar-refractivity contribution in [2.75, 3.05) is 5.32 Å². The van der Waals surface area contributed by atoms with E-state index in [1.165, 1.54) is 6.39 Å². The summed E-state index contributed by atoms with van der Waals surface area (Å²) < 4.78 is 10.5. The normalized spacial score (nSPS) is 11.7. The number of nitrogens with one attached hydrogen (secondary N) is 1. The minimum atomic E-state index is -0.929. The number of benzene rings is 2. The van der Waals surface area contributed by atoms with E-state index in [9.17, 15) is 9.59 Å². The largest absolute Gasteiger partial charge is 0.449 e. The van der Waals surface area contributed by atoms with Crippen molar-refractivity contribution in [3.8, 4) is 11.3 Å². The second-order valence-corrected chi connectivity index (χ2v) is 6.75. The molecule has 6 heteroatoms. The van der Waals surface area contributed by atoms with Gasteiger partial charge in [-0.1, -0.05) is 29.8 Å². The van der Waals surface area contributed by atoms with E-state index >= 15 is 0 Å². The van der Waals surface area contributed by atoms with Crippen LogP contribution in [0.5, 0.6) is 0 Å². The van der Waals surface area contributed by atoms with Crippen LogP contribution in [0.25, 0.3) is 11.3 Å². The number of nitrogens with zero attached hydrogens (tertiary/aromatic N) is 1. The predicted molar refractivity (Wildman–Crippen MR) is 106 cm³/mol. The summed E-state index contributed by atoms with van der Waals surface area (Å²) in [6.07, 6.45) is 2.01. The summed E-state index contributed by atoms with van der Waals surface area (Å²) in [4.78, 5) is 28.7. The Labute approximate surface area is 163 Å². The number of anilines is 1. The van der Waals surface area contributed by atoms with E-state index in [-0.39, 0.29) is 5.91 Å². The molecule has 3 rings (SSSR count). The van der Waals surface area contributed by atoms with Gasteiger partial charge in [-0.15, -0.1) is 0 Å². The molecule has 0 spiro atoms. The SMILES string of the molecule is Cc1cc(C)c(NC(=O)C(C)OC(=O)c2ccc(-c3cnco3)cc2)c(C)c1. The van der Waals surface area contributed by atoms with Crippen LogP contribution in [0.3, 0.4) is 0 Å². The van der Waals surface area contributed by atoms with Gasteiger partial charge in [0.1, 0.15) is 0 Å². The lowest BCUT2D eigenvalue weighted by Crippen LogP contribution is -2.30. The summed E-state index contributed by atoms with van der Waals surface area (Å²) >= 11 is 0. The third kappa shape index (κ3) is 4.28. The summed E-state index contributed by atoms with van der Waals surface area (Å²) in [5.74, 6) is -0.331. The van der Waals surface area contributed by atoms with E-state index in [1.807, 2.05) is 32.9 Å². The van der Waals surface area contributed by atoms with Crippen LogP contribution in [0.1, 0.15) is 34.0 Å². The number of rotatable bonds is 5. The molecule has 1 amide bonds. The maximum Gasteiger partial charge on any atom is 0.338 e. The maximum atomic E-state index is 12.5. The van der Waals surface area contributed by atoms with Gasteiger partial charge in [-0.2, -0.15) is 0 Å². The molecular weight excluding hydrogens is 356 g/mol. The number of hydrogen-bond donors (Lipinski definition) is 1. The van der Waals surface area contributed by atoms with Crippen molar-refractivity contribution >= 4 is 17.6 Å². The van der Waals surface area contributed by atoms with Crippen molar-refractivity contribution in [1.29, 1.82) is 0 Å². The molecule has 0 fully saturated rings. The van der Waals surface area contributed by atoms with Crippen LogP contribution in [0.2, 0.25) is 0 Å². The number of hydrogen-bond acceptors (Lipinski definition) is 5. The quantitative estimate of drug-likeness (QED) is 0.663. The molecule has 0 aliphatic heterocycles. The lowest BCUT2D eigenvalue weighted by molar-refractivity contribution is -0.123. The van der Waals surface area contributed by atoms with Gasteiger partial charge in [-0.05, 0) is 51.0 Å². The summed E-state index contributed by atoms with van der Waals surface area (Å²) in [6.45, 7) is 7.42. The first-order chi connectivity index (χ1) is 13.3. The van der Waals surface area contributed by atoms with Gasteiger partial charge in [-0.25, -0.2) is 9.78 Å². The number of amides is 1. The summed E-state index contributed by atoms with van der Waals surface area (Å²) in [6, 6.07) is 10.7. The Balaban J connectivity index is 1.64. The third-order valence-electron chi connectivity index (χ3n) is 4.42. The highest BCUT2D eigenvalue weighted by Crippen LogP contribution is 2.23. The van der Waals surface area contributed by atoms with Gasteiger partial charge in [0.15, 0.2) is 18.3 Å². The van der Waals surface area contributed by atoms with E-state index in [0.29, 0.717) is 11.3 Å². The number of esters is 1. The molecule has 0 aliphatic rings. The van der Waals surface area contributed by atoms with Crippen LogP contribution in [-0.4, -0.2) is 23.0 Å². The molecule has 0 bridgehead atoms. The monoisotopic (exact) mass is 378 g/mol. The average Bonchev–Trinajstić information content (AvgIpc) is 3.19. The summed E-state index contributed by atoms with van der Waals surface area (Å²) in [5.41, 5.74) is 4.95. The minimum Gasteiger partial charge on any atom is -0.449 e. The number of ether oxygens (including phenoxy) is 1. The zero-order valence-corrected chi connectivity index (χ0v) is 16.3. The molecule has 144 valence electrons. The Bertz CT molecular complexity index is 969. The number of oxazole rings is 1. The lowest BCUT2D eigenvalue weighted by atomic mass is 10.0. The average molecular weight is 378 g/mol. The molecule has 1 heterocycles. The smallest absolute Gasteiger partial charge is 0.338 e. The zero-order valence-electron chi connectivity index (χ0n) is 16.3. The second kappa shape index (κ2) is 8.08. The van der Waals surface area contributed by atoms with E-state index in [0.717, 1.165) is 27.9 Å². The molecule has 6 nitrogen and oxygen atoms in total. The summed E-state index contributed by atoms with van der Waals surface area (Å²) in [5, 5.41) is 2.85. The van der Waals surface area contributed by atoms with Crippen molar-refractivity contribution in [3.05, 3.63) is 71.2 Å². The molecule has 3 aromatic rings. The molecule has 0 radical (unpaired) electrons. The van der Waals surface area contributed by atoms with Gasteiger partial charge >= 0.3 is 5.97 Å². The first-order valence-electron chi connectivity index (χ1n) is 8.94. The highest BCUT2D eigenvalue weighted by Gasteiger charge is 2.20. The molecule has 0 saturated heterocycles. The Morgan fingerprint density at radius 2 is 1.71 bits per heavy atom. The summed E-state index contributed by atoms with van der Waals surface area (Å²) in [7, 11) is 0. The van der Waals surface area contributed by atoms with Crippen LogP contribution >= 0.6 is 0 Å². The van der Waals surface area contributed by atoms with E-state index in [1.54, 1.807) is 37.4 Å². The van der Waals surface area contributed by atoms with Gasteiger partial charge in [0.05, 0.1) is 11.8 Å². The molecule has 0 saturated carbocycles. The van der Waals surface area contributed by atoms with E-state index in [4.69, 9.17) is 9.15 Å². The van der Waals surface area contributed by atoms with Crippen LogP contribution in [0.15, 0.2) is 53.4 Å². The van der Waals surface area contributed by atoms with Crippen molar-refractivity contribution in [3.63, 3.8) is 0 Å². The molecule has 1 atom stereocenters. The van der Waals surface area contributed by atoms with E-state index < -0.39 is 12.1 Å². The molecule has 1 aromatic heterocycles. The Hall–Kier alpha value is -3.41. The topological polar surface area (TPSA) is 81.4 Å². The van der Waals surface area contributed by atoms with Gasteiger partial charge in [0.25, 0.3) is 5.91 Å². The van der Waals surface area contributed by atoms with Gasteiger partial charge < -0.3 is 14.5 Å². The van der Waals surface area contributed by atoms with Gasteiger partial charge in [-0.3, -0.25) is 4.79 Å². The molecule has 2 aromatic carbocycles. The molecule has 1 N–H and O–H groups in total. The Morgan fingerprint density at radius 1 is 1.07 bits per heavy atom. The lowest BCUT2D eigenvalue weighted by Gasteiger charge is -2.17. The highest BCUT2D eigenvalue weighted by molar-refractivity contribution is 5.98. The predicted octanol–water partition coefficient (Wildman–Crippen LogP) is 4.45. The fourth-order valence-corrected chi connectivity index (χ4v) is 3.01. The first-order valence-corrected chi connectivity index (χ1v) is 8.94. The third-order valence-corrected chi connectivity index (χ3v) is 4.42. The first kappa shape index (κ1) is 19.4. The number of aromatic nitrogens is 1. The van der Waals surface area contributed by atoms with Gasteiger partial charge in [0.2, 0.25) is 0 Å². The van der Waals surface area contributed by atoms with Crippen LogP contribution in [-0.2, 0) is 9.53 Å². The highest BCUT2D eigenvalue weighted by atomic mass is 16.5. The fraction of sp³-hybridized carbons (Fsp3) is 0.227. The number of carbonyl (C=O) groups is 2. The maximum absolute atomic E-state index is 12.5. The van der Waals surface area contributed by atoms with Crippen molar-refractivity contribution < 1.29 is 18.7 Å². The minimum absolute atomic E-state index is 0.352. The van der Waals surface area contributed by atoms with Crippen LogP contribution in [0, 0.1) is 20.8 Å². The Kier molecular flexibility index (Phi) is 5.59. The van der Waals surface area contributed by atoms with Gasteiger partial charge in [0, 0.05) is 11.3 Å². The fourth-order valence-electron chi connectivity index (χ4n) is 3.01. The van der Waals surface area contributed by atoms with Crippen molar-refractivity contribution in [1.82, 2.24) is 4.98 Å². The van der Waals surface area contributed by atoms with E-state index in [2.05, 4.69) is 10.3 Å². The molecule has 28 heavy (non-hydrogen) atoms. The Morgan fingerprint density at radius 3 is 2.29 bits per heavy atom. The zero-order chi connectivity index (χ0) is 20.3. The standard InChI is InChI=1S/C22H22N2O4/c1-13-9-14(2)20(15(3)10-13)24-21(25)16(4)28-22(26)18-7-5-17(6-8-18)19-11-23-12-27-19/h5-12,16H,1-4H3,(H,24,25). The second-order valence-electron chi connectivity index (χ2n) is 6.75. The number of carbonyl (C=O) groups excluding carboxylic acids is 2. The molecule has 1 unspecified atom stereocenters. The number of aryl methyl sites for hydroxylation is 3. The van der Waals surface area contributed by atoms with Crippen LogP contribution < -0.4 is 5.32 Å². The van der Waals surface area contributed by atoms with Crippen LogP contribution in [0.4, 0.5) is 5.69 Å². The molecular formula is C22H22N2O4. The molecule has 0 aliphatic carbocycles.